The highest BCUT2D eigenvalue weighted by atomic mass is 35.5. The van der Waals surface area contributed by atoms with E-state index in [1.54, 1.807) is 0 Å². The Labute approximate surface area is 79.9 Å². The first-order chi connectivity index (χ1) is 5.50. The van der Waals surface area contributed by atoms with Gasteiger partial charge in [-0.25, -0.2) is 0 Å². The van der Waals surface area contributed by atoms with Gasteiger partial charge in [0.05, 0.1) is 6.61 Å². The number of ether oxygens (including phenoxy) is 1. The Hall–Kier alpha value is 0.210. The van der Waals surface area contributed by atoms with E-state index in [-0.39, 0.29) is 5.92 Å². The predicted octanol–water partition coefficient (Wildman–Crippen LogP) is 2.73. The lowest BCUT2D eigenvalue weighted by Gasteiger charge is -2.24. The smallest absolute Gasteiger partial charge is 0.248 e. The SMILES string of the molecule is CCCCCOC(O)(Cl)C(C)C. The van der Waals surface area contributed by atoms with Crippen molar-refractivity contribution in [2.45, 2.75) is 45.3 Å². The second-order valence-corrected chi connectivity index (χ2v) is 3.86. The number of rotatable bonds is 6. The number of alkyl halides is 1. The largest absolute Gasteiger partial charge is 0.353 e. The molecule has 12 heavy (non-hydrogen) atoms. The van der Waals surface area contributed by atoms with Crippen LogP contribution in [0, 0.1) is 5.92 Å². The molecule has 0 heterocycles. The molecule has 1 atom stereocenters. The Balaban J connectivity index is 3.47. The minimum Gasteiger partial charge on any atom is -0.353 e. The third-order valence-corrected chi connectivity index (χ3v) is 2.31. The van der Waals surface area contributed by atoms with E-state index in [4.69, 9.17) is 16.3 Å². The summed E-state index contributed by atoms with van der Waals surface area (Å²) in [7, 11) is 0. The average molecular weight is 195 g/mol. The van der Waals surface area contributed by atoms with Crippen molar-refractivity contribution in [3.05, 3.63) is 0 Å². The van der Waals surface area contributed by atoms with Crippen molar-refractivity contribution in [1.29, 1.82) is 0 Å². The van der Waals surface area contributed by atoms with Gasteiger partial charge in [0.15, 0.2) is 0 Å². The topological polar surface area (TPSA) is 29.5 Å². The van der Waals surface area contributed by atoms with Crippen LogP contribution >= 0.6 is 11.6 Å². The molecule has 0 rings (SSSR count). The molecule has 74 valence electrons. The summed E-state index contributed by atoms with van der Waals surface area (Å²) >= 11 is 5.68. The number of unbranched alkanes of at least 4 members (excludes halogenated alkanes) is 2. The average Bonchev–Trinajstić information content (AvgIpc) is 1.98. The van der Waals surface area contributed by atoms with Gasteiger partial charge >= 0.3 is 0 Å². The van der Waals surface area contributed by atoms with Gasteiger partial charge in [-0.15, -0.1) is 0 Å². The molecule has 1 unspecified atom stereocenters. The van der Waals surface area contributed by atoms with Gasteiger partial charge in [0, 0.05) is 5.92 Å². The van der Waals surface area contributed by atoms with E-state index in [9.17, 15) is 5.11 Å². The van der Waals surface area contributed by atoms with Crippen LogP contribution in [0.25, 0.3) is 0 Å². The van der Waals surface area contributed by atoms with Gasteiger partial charge in [0.2, 0.25) is 5.25 Å². The fourth-order valence-electron chi connectivity index (χ4n) is 0.734. The van der Waals surface area contributed by atoms with Crippen molar-refractivity contribution in [2.75, 3.05) is 6.61 Å². The molecule has 3 heteroatoms. The molecule has 0 aliphatic rings. The summed E-state index contributed by atoms with van der Waals surface area (Å²) < 4.78 is 5.11. The number of hydrogen-bond acceptors (Lipinski definition) is 2. The van der Waals surface area contributed by atoms with E-state index in [0.29, 0.717) is 6.61 Å². The zero-order chi connectivity index (χ0) is 9.61. The molecule has 0 fully saturated rings. The van der Waals surface area contributed by atoms with E-state index in [0.717, 1.165) is 19.3 Å². The first-order valence-corrected chi connectivity index (χ1v) is 4.93. The van der Waals surface area contributed by atoms with Gasteiger partial charge in [0.25, 0.3) is 0 Å². The molecule has 0 amide bonds. The predicted molar refractivity (Wildman–Crippen MR) is 51.1 cm³/mol. The van der Waals surface area contributed by atoms with Crippen LogP contribution in [0.4, 0.5) is 0 Å². The van der Waals surface area contributed by atoms with Crippen LogP contribution in [0.2, 0.25) is 0 Å². The summed E-state index contributed by atoms with van der Waals surface area (Å²) in [6.07, 6.45) is 3.22. The fraction of sp³-hybridized carbons (Fsp3) is 1.00. The van der Waals surface area contributed by atoms with Gasteiger partial charge in [-0.2, -0.15) is 0 Å². The Bertz CT molecular complexity index is 113. The summed E-state index contributed by atoms with van der Waals surface area (Å²) in [6, 6.07) is 0. The Morgan fingerprint density at radius 1 is 1.42 bits per heavy atom. The van der Waals surface area contributed by atoms with E-state index in [2.05, 4.69) is 6.92 Å². The molecule has 0 spiro atoms. The molecule has 0 radical (unpaired) electrons. The Morgan fingerprint density at radius 2 is 2.00 bits per heavy atom. The molecule has 2 nitrogen and oxygen atoms in total. The number of hydrogen-bond donors (Lipinski definition) is 1. The van der Waals surface area contributed by atoms with Crippen molar-refractivity contribution >= 4 is 11.6 Å². The second kappa shape index (κ2) is 5.79. The van der Waals surface area contributed by atoms with Crippen LogP contribution in [-0.2, 0) is 4.74 Å². The van der Waals surface area contributed by atoms with E-state index in [1.165, 1.54) is 0 Å². The lowest BCUT2D eigenvalue weighted by molar-refractivity contribution is -0.165. The van der Waals surface area contributed by atoms with Gasteiger partial charge in [-0.05, 0) is 6.42 Å². The number of aliphatic hydroxyl groups is 1. The minimum absolute atomic E-state index is 0.0826. The maximum absolute atomic E-state index is 9.43. The highest BCUT2D eigenvalue weighted by molar-refractivity contribution is 6.21. The van der Waals surface area contributed by atoms with Crippen LogP contribution in [0.1, 0.15) is 40.0 Å². The Kier molecular flexibility index (Phi) is 5.89. The summed E-state index contributed by atoms with van der Waals surface area (Å²) in [4.78, 5) is 0. The summed E-state index contributed by atoms with van der Waals surface area (Å²) in [5, 5.41) is 7.96. The van der Waals surface area contributed by atoms with Gasteiger partial charge in [-0.3, -0.25) is 0 Å². The van der Waals surface area contributed by atoms with Crippen LogP contribution in [0.15, 0.2) is 0 Å². The van der Waals surface area contributed by atoms with E-state index < -0.39 is 5.25 Å². The van der Waals surface area contributed by atoms with Crippen molar-refractivity contribution in [3.8, 4) is 0 Å². The van der Waals surface area contributed by atoms with Crippen LogP contribution in [-0.4, -0.2) is 17.0 Å². The third kappa shape index (κ3) is 4.96. The number of halogens is 1. The van der Waals surface area contributed by atoms with Crippen molar-refractivity contribution in [1.82, 2.24) is 0 Å². The summed E-state index contributed by atoms with van der Waals surface area (Å²) in [5.74, 6) is -0.0826. The molecule has 0 aromatic rings. The molecule has 1 N–H and O–H groups in total. The van der Waals surface area contributed by atoms with Crippen LogP contribution < -0.4 is 0 Å². The summed E-state index contributed by atoms with van der Waals surface area (Å²) in [6.45, 7) is 6.31. The maximum Gasteiger partial charge on any atom is 0.248 e. The zero-order valence-electron chi connectivity index (χ0n) is 8.14. The van der Waals surface area contributed by atoms with Crippen molar-refractivity contribution in [3.63, 3.8) is 0 Å². The lowest BCUT2D eigenvalue weighted by atomic mass is 10.2. The standard InChI is InChI=1S/C9H19ClO2/c1-4-5-6-7-12-9(10,11)8(2)3/h8,11H,4-7H2,1-3H3. The molecule has 0 bridgehead atoms. The normalized spacial score (nSPS) is 16.5. The monoisotopic (exact) mass is 194 g/mol. The Morgan fingerprint density at radius 3 is 2.42 bits per heavy atom. The first-order valence-electron chi connectivity index (χ1n) is 4.56. The first kappa shape index (κ1) is 12.2. The molecule has 0 aromatic heterocycles. The molecule has 0 aromatic carbocycles. The molecular formula is C9H19ClO2. The third-order valence-electron chi connectivity index (χ3n) is 1.76. The van der Waals surface area contributed by atoms with Gasteiger partial charge in [-0.1, -0.05) is 45.2 Å². The van der Waals surface area contributed by atoms with Crippen LogP contribution in [0.3, 0.4) is 0 Å². The highest BCUT2D eigenvalue weighted by Gasteiger charge is 2.28. The second-order valence-electron chi connectivity index (χ2n) is 3.32. The van der Waals surface area contributed by atoms with E-state index in [1.807, 2.05) is 13.8 Å². The summed E-state index contributed by atoms with van der Waals surface area (Å²) in [5.41, 5.74) is 0. The molecule has 0 saturated heterocycles. The highest BCUT2D eigenvalue weighted by Crippen LogP contribution is 2.23. The quantitative estimate of drug-likeness (QED) is 0.400. The maximum atomic E-state index is 9.43. The zero-order valence-corrected chi connectivity index (χ0v) is 8.90. The van der Waals surface area contributed by atoms with Crippen molar-refractivity contribution < 1.29 is 9.84 Å². The van der Waals surface area contributed by atoms with Crippen LogP contribution in [0.5, 0.6) is 0 Å². The minimum atomic E-state index is -1.48. The molecular weight excluding hydrogens is 176 g/mol. The fourth-order valence-corrected chi connectivity index (χ4v) is 0.811. The van der Waals surface area contributed by atoms with Crippen molar-refractivity contribution in [2.24, 2.45) is 5.92 Å². The molecule has 0 saturated carbocycles. The van der Waals surface area contributed by atoms with Gasteiger partial charge in [0.1, 0.15) is 0 Å². The molecule has 0 aliphatic carbocycles. The lowest BCUT2D eigenvalue weighted by Crippen LogP contribution is -2.31. The van der Waals surface area contributed by atoms with Gasteiger partial charge < -0.3 is 9.84 Å². The molecule has 0 aliphatic heterocycles. The van der Waals surface area contributed by atoms with E-state index >= 15 is 0 Å².